The summed E-state index contributed by atoms with van der Waals surface area (Å²) in [4.78, 5) is 0. The van der Waals surface area contributed by atoms with E-state index in [0.29, 0.717) is 0 Å². The number of benzene rings is 10. The monoisotopic (exact) mass is 1190 g/mol. The van der Waals surface area contributed by atoms with Gasteiger partial charge in [-0.15, -0.1) is 26.3 Å². The molecule has 0 amide bonds. The van der Waals surface area contributed by atoms with Crippen LogP contribution in [0.5, 0.6) is 0 Å². The maximum Gasteiger partial charge on any atom is 0.108 e. The summed E-state index contributed by atoms with van der Waals surface area (Å²) in [6, 6.07) is 111. The molecule has 0 nitrogen and oxygen atoms in total. The first-order valence-electron chi connectivity index (χ1n) is 25.1. The van der Waals surface area contributed by atoms with Gasteiger partial charge in [0.25, 0.3) is 0 Å². The van der Waals surface area contributed by atoms with E-state index in [4.69, 9.17) is 0 Å². The summed E-state index contributed by atoms with van der Waals surface area (Å²) >= 11 is 0. The summed E-state index contributed by atoms with van der Waals surface area (Å²) in [6.07, 6.45) is 2.22. The fourth-order valence-electron chi connectivity index (χ4n) is 10.1. The van der Waals surface area contributed by atoms with Gasteiger partial charge in [-0.1, -0.05) is 310 Å². The van der Waals surface area contributed by atoms with Gasteiger partial charge in [0.1, 0.15) is 6.15 Å². The molecule has 10 rings (SSSR count). The van der Waals surface area contributed by atoms with Crippen molar-refractivity contribution >= 4 is 83.6 Å². The Morgan fingerprint density at radius 2 is 0.392 bits per heavy atom. The van der Waals surface area contributed by atoms with E-state index in [1.807, 2.05) is 0 Å². The summed E-state index contributed by atoms with van der Waals surface area (Å²) < 4.78 is 0. The molecule has 0 aliphatic rings. The maximum atomic E-state index is 3.00. The Morgan fingerprint density at radius 3 is 0.541 bits per heavy atom. The Balaban J connectivity index is 0.000000252. The van der Waals surface area contributed by atoms with E-state index < -0.39 is 29.9 Å². The molecule has 5 heteroatoms. The molecular weight excluding hydrogens is 1120 g/mol. The summed E-state index contributed by atoms with van der Waals surface area (Å²) in [5.41, 5.74) is 5.43. The normalized spacial score (nSPS) is 10.9. The van der Waals surface area contributed by atoms with Crippen molar-refractivity contribution in [3.63, 3.8) is 0 Å². The Morgan fingerprint density at radius 1 is 0.257 bits per heavy atom. The van der Waals surface area contributed by atoms with Crippen molar-refractivity contribution in [1.82, 2.24) is 0 Å². The van der Waals surface area contributed by atoms with Gasteiger partial charge in [-0.2, -0.15) is 21.9 Å². The SMILES string of the molecule is C=C.C=C.CC(CP(c1ccccc1)c1ccccc1)(CP(c1ccccc1)c1ccccc1)CP(c1ccccc1)c1ccccc1.[Ir].c1ccc([B-](c2ccccc2)(c2ccccc2)c2ccccc2)cc1. The molecule has 0 atom stereocenters. The third kappa shape index (κ3) is 14.7. The summed E-state index contributed by atoms with van der Waals surface area (Å²) in [5, 5.41) is 8.79. The molecule has 371 valence electrons. The van der Waals surface area contributed by atoms with Crippen LogP contribution in [0.25, 0.3) is 0 Å². The minimum Gasteiger partial charge on any atom is -0.195 e. The zero-order valence-corrected chi connectivity index (χ0v) is 47.6. The van der Waals surface area contributed by atoms with Gasteiger partial charge in [-0.25, -0.2) is 0 Å². The molecule has 0 aliphatic carbocycles. The van der Waals surface area contributed by atoms with Crippen molar-refractivity contribution in [3.8, 4) is 0 Å². The average molecular weight is 1190 g/mol. The molecule has 74 heavy (non-hydrogen) atoms. The van der Waals surface area contributed by atoms with Gasteiger partial charge < -0.3 is 0 Å². The molecule has 0 aromatic heterocycles. The Labute approximate surface area is 461 Å². The third-order valence-electron chi connectivity index (χ3n) is 13.2. The van der Waals surface area contributed by atoms with E-state index in [2.05, 4.69) is 337 Å². The van der Waals surface area contributed by atoms with E-state index >= 15 is 0 Å². The van der Waals surface area contributed by atoms with Gasteiger partial charge in [0.05, 0.1) is 0 Å². The van der Waals surface area contributed by atoms with Crippen molar-refractivity contribution in [2.75, 3.05) is 18.5 Å². The van der Waals surface area contributed by atoms with Crippen LogP contribution in [0.4, 0.5) is 0 Å². The number of hydrogen-bond acceptors (Lipinski definition) is 0. The van der Waals surface area contributed by atoms with Crippen LogP contribution in [0.3, 0.4) is 0 Å². The summed E-state index contributed by atoms with van der Waals surface area (Å²) in [7, 11) is -1.66. The fourth-order valence-corrected chi connectivity index (χ4v) is 18.7. The van der Waals surface area contributed by atoms with Crippen LogP contribution in [0.1, 0.15) is 6.92 Å². The van der Waals surface area contributed by atoms with E-state index in [1.54, 1.807) is 0 Å². The van der Waals surface area contributed by atoms with E-state index in [-0.39, 0.29) is 25.5 Å². The maximum absolute atomic E-state index is 3.00. The van der Waals surface area contributed by atoms with Crippen LogP contribution >= 0.6 is 23.8 Å². The zero-order valence-electron chi connectivity index (χ0n) is 42.6. The first kappa shape index (κ1) is 57.0. The summed E-state index contributed by atoms with van der Waals surface area (Å²) in [6.45, 7) is 14.6. The summed E-state index contributed by atoms with van der Waals surface area (Å²) in [5.74, 6) is 0. The molecule has 0 N–H and O–H groups in total. The Bertz CT molecular complexity index is 2560. The standard InChI is InChI=1S/C41H39P3.C24H20B.2C2H4.Ir/c1-41(32-42(35-20-8-2-9-21-35)36-22-10-3-11-23-36,33-43(37-24-12-4-13-25-37)38-26-14-5-15-27-38)34-44(39-28-16-6-17-29-39)40-30-18-7-19-31-40;1-5-13-21(14-6-1)25(22-15-7-2-8-16-22,23-17-9-3-10-18-23)24-19-11-4-12-20-24;2*1-2;/h2-31H,32-34H2,1H3;1-20H;2*1-2H2;/q;-1;;;. The van der Waals surface area contributed by atoms with Gasteiger partial charge in [-0.3, -0.25) is 0 Å². The van der Waals surface area contributed by atoms with Crippen molar-refractivity contribution < 1.29 is 20.1 Å². The number of hydrogen-bond donors (Lipinski definition) is 0. The molecule has 0 saturated carbocycles. The van der Waals surface area contributed by atoms with Crippen LogP contribution in [0, 0.1) is 5.41 Å². The molecule has 1 radical (unpaired) electrons. The molecule has 0 fully saturated rings. The molecular formula is C69H67BIrP3-. The van der Waals surface area contributed by atoms with Gasteiger partial charge in [0.2, 0.25) is 0 Å². The van der Waals surface area contributed by atoms with Crippen LogP contribution in [-0.2, 0) is 20.1 Å². The van der Waals surface area contributed by atoms with Gasteiger partial charge in [-0.05, 0) is 79.5 Å². The molecule has 0 bridgehead atoms. The molecule has 0 aliphatic heterocycles. The molecule has 0 unspecified atom stereocenters. The first-order valence-corrected chi connectivity index (χ1v) is 29.7. The Kier molecular flexibility index (Phi) is 23.2. The molecule has 0 saturated heterocycles. The van der Waals surface area contributed by atoms with Crippen molar-refractivity contribution in [2.45, 2.75) is 6.92 Å². The van der Waals surface area contributed by atoms with Crippen LogP contribution in [-0.4, -0.2) is 24.6 Å². The van der Waals surface area contributed by atoms with Crippen molar-refractivity contribution in [3.05, 3.63) is 330 Å². The largest absolute Gasteiger partial charge is 0.195 e. The predicted octanol–water partition coefficient (Wildman–Crippen LogP) is 13.1. The minimum absolute atomic E-state index is 0. The van der Waals surface area contributed by atoms with Crippen LogP contribution in [0.2, 0.25) is 0 Å². The van der Waals surface area contributed by atoms with Gasteiger partial charge in [0, 0.05) is 20.1 Å². The molecule has 10 aromatic carbocycles. The van der Waals surface area contributed by atoms with Crippen LogP contribution < -0.4 is 53.7 Å². The second-order valence-electron chi connectivity index (χ2n) is 18.1. The molecule has 10 aromatic rings. The molecule has 0 spiro atoms. The Hall–Kier alpha value is -6.32. The van der Waals surface area contributed by atoms with Crippen molar-refractivity contribution in [1.29, 1.82) is 0 Å². The van der Waals surface area contributed by atoms with E-state index in [0.717, 1.165) is 18.5 Å². The average Bonchev–Trinajstić information content (AvgIpc) is 3.49. The second kappa shape index (κ2) is 30.2. The topological polar surface area (TPSA) is 0 Å². The predicted molar refractivity (Wildman–Crippen MR) is 332 cm³/mol. The zero-order chi connectivity index (χ0) is 51.0. The van der Waals surface area contributed by atoms with E-state index in [9.17, 15) is 0 Å². The third-order valence-corrected chi connectivity index (χ3v) is 22.0. The second-order valence-corrected chi connectivity index (χ2v) is 24.7. The van der Waals surface area contributed by atoms with Gasteiger partial charge in [0.15, 0.2) is 0 Å². The van der Waals surface area contributed by atoms with Crippen LogP contribution in [0.15, 0.2) is 330 Å². The first-order chi connectivity index (χ1) is 36.1. The smallest absolute Gasteiger partial charge is 0.108 e. The minimum atomic E-state index is -1.22. The quantitative estimate of drug-likeness (QED) is 0.0514. The fraction of sp³-hybridized carbons (Fsp3) is 0.0725. The van der Waals surface area contributed by atoms with Gasteiger partial charge >= 0.3 is 0 Å². The van der Waals surface area contributed by atoms with Crippen molar-refractivity contribution in [2.24, 2.45) is 5.41 Å². The molecule has 0 heterocycles. The van der Waals surface area contributed by atoms with E-state index in [1.165, 1.54) is 53.7 Å². The number of rotatable bonds is 16.